The lowest BCUT2D eigenvalue weighted by molar-refractivity contribution is 0.0687. The molecule has 0 atom stereocenters. The molecular weight excluding hydrogens is 275 g/mol. The summed E-state index contributed by atoms with van der Waals surface area (Å²) < 4.78 is 13.3. The number of hydrogen-bond acceptors (Lipinski definition) is 2. The van der Waals surface area contributed by atoms with Crippen LogP contribution in [0.25, 0.3) is 0 Å². The van der Waals surface area contributed by atoms with Crippen molar-refractivity contribution in [3.63, 3.8) is 0 Å². The van der Waals surface area contributed by atoms with E-state index in [2.05, 4.69) is 0 Å². The normalized spacial score (nSPS) is 15.2. The molecule has 2 rings (SSSR count). The number of benzene rings is 1. The Morgan fingerprint density at radius 1 is 1.40 bits per heavy atom. The van der Waals surface area contributed by atoms with Crippen LogP contribution < -0.4 is 5.73 Å². The first-order valence-corrected chi connectivity index (χ1v) is 7.33. The van der Waals surface area contributed by atoms with Gasteiger partial charge in [0.05, 0.1) is 4.99 Å². The molecule has 0 aliphatic heterocycles. The van der Waals surface area contributed by atoms with Crippen molar-refractivity contribution in [1.29, 1.82) is 0 Å². The predicted molar refractivity (Wildman–Crippen MR) is 81.1 cm³/mol. The third-order valence-electron chi connectivity index (χ3n) is 3.70. The van der Waals surface area contributed by atoms with Crippen LogP contribution >= 0.6 is 12.2 Å². The topological polar surface area (TPSA) is 46.3 Å². The van der Waals surface area contributed by atoms with Crippen LogP contribution in [0.4, 0.5) is 4.39 Å². The fourth-order valence-electron chi connectivity index (χ4n) is 2.68. The first-order valence-electron chi connectivity index (χ1n) is 6.93. The molecule has 1 aliphatic rings. The van der Waals surface area contributed by atoms with Gasteiger partial charge in [-0.1, -0.05) is 31.1 Å². The second-order valence-electron chi connectivity index (χ2n) is 5.16. The minimum Gasteiger partial charge on any atom is -0.393 e. The van der Waals surface area contributed by atoms with E-state index in [4.69, 9.17) is 18.0 Å². The molecule has 1 aromatic rings. The van der Waals surface area contributed by atoms with E-state index in [9.17, 15) is 9.18 Å². The Kier molecular flexibility index (Phi) is 5.06. The molecule has 108 valence electrons. The molecule has 2 N–H and O–H groups in total. The number of nitrogens with two attached hydrogens (primary N) is 1. The molecule has 20 heavy (non-hydrogen) atoms. The number of carbonyl (C=O) groups is 1. The summed E-state index contributed by atoms with van der Waals surface area (Å²) in [6.45, 7) is 0.509. The van der Waals surface area contributed by atoms with Crippen LogP contribution in [0.2, 0.25) is 0 Å². The van der Waals surface area contributed by atoms with Gasteiger partial charge in [0, 0.05) is 24.6 Å². The van der Waals surface area contributed by atoms with Crippen LogP contribution in [0.3, 0.4) is 0 Å². The van der Waals surface area contributed by atoms with Crippen LogP contribution in [0.5, 0.6) is 0 Å². The molecule has 1 amide bonds. The van der Waals surface area contributed by atoms with Crippen LogP contribution in [0, 0.1) is 5.82 Å². The van der Waals surface area contributed by atoms with Crippen molar-refractivity contribution in [2.24, 2.45) is 5.73 Å². The standard InChI is InChI=1S/C15H19FN2OS/c16-12-5-3-4-11(10-12)15(19)18(9-8-14(17)20)13-6-1-2-7-13/h3-5,10,13H,1-2,6-9H2,(H2,17,20). The third-order valence-corrected chi connectivity index (χ3v) is 3.90. The first-order chi connectivity index (χ1) is 9.58. The van der Waals surface area contributed by atoms with Crippen LogP contribution in [0.1, 0.15) is 42.5 Å². The van der Waals surface area contributed by atoms with E-state index in [1.54, 1.807) is 17.0 Å². The molecule has 3 nitrogen and oxygen atoms in total. The van der Waals surface area contributed by atoms with Gasteiger partial charge in [-0.15, -0.1) is 0 Å². The summed E-state index contributed by atoms with van der Waals surface area (Å²) >= 11 is 4.89. The highest BCUT2D eigenvalue weighted by Crippen LogP contribution is 2.25. The molecule has 0 unspecified atom stereocenters. The zero-order valence-electron chi connectivity index (χ0n) is 11.3. The first kappa shape index (κ1) is 14.9. The van der Waals surface area contributed by atoms with Gasteiger partial charge in [0.15, 0.2) is 0 Å². The Bertz CT molecular complexity index is 500. The number of thiocarbonyl (C=S) groups is 1. The Balaban J connectivity index is 2.16. The highest BCUT2D eigenvalue weighted by molar-refractivity contribution is 7.80. The van der Waals surface area contributed by atoms with E-state index in [1.807, 2.05) is 0 Å². The molecule has 0 heterocycles. The van der Waals surface area contributed by atoms with Gasteiger partial charge in [0.2, 0.25) is 0 Å². The summed E-state index contributed by atoms with van der Waals surface area (Å²) in [4.78, 5) is 14.8. The lowest BCUT2D eigenvalue weighted by atomic mass is 10.1. The fourth-order valence-corrected chi connectivity index (χ4v) is 2.78. The molecule has 0 radical (unpaired) electrons. The van der Waals surface area contributed by atoms with Gasteiger partial charge < -0.3 is 10.6 Å². The summed E-state index contributed by atoms with van der Waals surface area (Å²) in [7, 11) is 0. The average Bonchev–Trinajstić information content (AvgIpc) is 2.92. The van der Waals surface area contributed by atoms with E-state index < -0.39 is 5.82 Å². The molecule has 1 aliphatic carbocycles. The number of carbonyl (C=O) groups excluding carboxylic acids is 1. The van der Waals surface area contributed by atoms with Gasteiger partial charge >= 0.3 is 0 Å². The summed E-state index contributed by atoms with van der Waals surface area (Å²) in [5, 5.41) is 0. The molecule has 0 bridgehead atoms. The second kappa shape index (κ2) is 6.79. The fraction of sp³-hybridized carbons (Fsp3) is 0.467. The summed E-state index contributed by atoms with van der Waals surface area (Å²) in [6.07, 6.45) is 4.76. The van der Waals surface area contributed by atoms with Gasteiger partial charge in [0.1, 0.15) is 5.82 Å². The third kappa shape index (κ3) is 3.76. The van der Waals surface area contributed by atoms with Crippen LogP contribution in [-0.4, -0.2) is 28.4 Å². The maximum Gasteiger partial charge on any atom is 0.254 e. The van der Waals surface area contributed by atoms with Crippen LogP contribution in [-0.2, 0) is 0 Å². The van der Waals surface area contributed by atoms with Gasteiger partial charge in [-0.25, -0.2) is 4.39 Å². The summed E-state index contributed by atoms with van der Waals surface area (Å²) in [5.41, 5.74) is 5.92. The number of hydrogen-bond donors (Lipinski definition) is 1. The SMILES string of the molecule is NC(=S)CCN(C(=O)c1cccc(F)c1)C1CCCC1. The second-order valence-corrected chi connectivity index (χ2v) is 5.69. The highest BCUT2D eigenvalue weighted by atomic mass is 32.1. The lowest BCUT2D eigenvalue weighted by Crippen LogP contribution is -2.40. The van der Waals surface area contributed by atoms with E-state index in [1.165, 1.54) is 12.1 Å². The Hall–Kier alpha value is -1.49. The molecule has 1 saturated carbocycles. The molecule has 1 fully saturated rings. The number of amides is 1. The lowest BCUT2D eigenvalue weighted by Gasteiger charge is -2.29. The number of nitrogens with zero attached hydrogens (tertiary/aromatic N) is 1. The zero-order valence-corrected chi connectivity index (χ0v) is 12.2. The van der Waals surface area contributed by atoms with Gasteiger partial charge in [-0.2, -0.15) is 0 Å². The van der Waals surface area contributed by atoms with Crippen molar-refractivity contribution in [3.8, 4) is 0 Å². The quantitative estimate of drug-likeness (QED) is 0.849. The van der Waals surface area contributed by atoms with Crippen molar-refractivity contribution >= 4 is 23.1 Å². The molecule has 0 saturated heterocycles. The van der Waals surface area contributed by atoms with E-state index in [0.29, 0.717) is 23.5 Å². The summed E-state index contributed by atoms with van der Waals surface area (Å²) in [6, 6.07) is 6.05. The molecule has 1 aromatic carbocycles. The Labute approximate surface area is 123 Å². The zero-order chi connectivity index (χ0) is 14.5. The summed E-state index contributed by atoms with van der Waals surface area (Å²) in [5.74, 6) is -0.524. The number of rotatable bonds is 5. The molecule has 0 aromatic heterocycles. The maximum atomic E-state index is 13.3. The minimum absolute atomic E-state index is 0.132. The van der Waals surface area contributed by atoms with Gasteiger partial charge in [-0.05, 0) is 31.0 Å². The molecular formula is C15H19FN2OS. The average molecular weight is 294 g/mol. The number of halogens is 1. The van der Waals surface area contributed by atoms with E-state index in [-0.39, 0.29) is 11.9 Å². The van der Waals surface area contributed by atoms with Crippen molar-refractivity contribution in [2.75, 3.05) is 6.54 Å². The van der Waals surface area contributed by atoms with E-state index >= 15 is 0 Å². The monoisotopic (exact) mass is 294 g/mol. The van der Waals surface area contributed by atoms with Gasteiger partial charge in [-0.3, -0.25) is 4.79 Å². The predicted octanol–water partition coefficient (Wildman–Crippen LogP) is 2.89. The largest absolute Gasteiger partial charge is 0.393 e. The Morgan fingerprint density at radius 2 is 2.10 bits per heavy atom. The smallest absolute Gasteiger partial charge is 0.254 e. The highest BCUT2D eigenvalue weighted by Gasteiger charge is 2.27. The van der Waals surface area contributed by atoms with Crippen molar-refractivity contribution in [2.45, 2.75) is 38.1 Å². The maximum absolute atomic E-state index is 13.3. The van der Waals surface area contributed by atoms with E-state index in [0.717, 1.165) is 25.7 Å². The van der Waals surface area contributed by atoms with Crippen molar-refractivity contribution in [3.05, 3.63) is 35.6 Å². The van der Waals surface area contributed by atoms with Crippen molar-refractivity contribution < 1.29 is 9.18 Å². The molecule has 0 spiro atoms. The van der Waals surface area contributed by atoms with Gasteiger partial charge in [0.25, 0.3) is 5.91 Å². The molecule has 5 heteroatoms. The Morgan fingerprint density at radius 3 is 2.70 bits per heavy atom. The minimum atomic E-state index is -0.392. The van der Waals surface area contributed by atoms with Crippen molar-refractivity contribution in [1.82, 2.24) is 4.90 Å². The van der Waals surface area contributed by atoms with Crippen LogP contribution in [0.15, 0.2) is 24.3 Å².